The number of aldehydes is 1. The Morgan fingerprint density at radius 1 is 1.67 bits per heavy atom. The molecule has 1 fully saturated rings. The van der Waals surface area contributed by atoms with Gasteiger partial charge in [0.1, 0.15) is 12.3 Å². The van der Waals surface area contributed by atoms with Crippen molar-refractivity contribution in [3.05, 3.63) is 0 Å². The second kappa shape index (κ2) is 5.55. The van der Waals surface area contributed by atoms with Gasteiger partial charge in [0.15, 0.2) is 0 Å². The topological polar surface area (TPSA) is 96.7 Å². The van der Waals surface area contributed by atoms with Crippen molar-refractivity contribution < 1.29 is 4.79 Å². The average molecular weight is 213 g/mol. The summed E-state index contributed by atoms with van der Waals surface area (Å²) in [6.07, 6.45) is 2.93. The molecule has 1 aliphatic rings. The van der Waals surface area contributed by atoms with Crippen molar-refractivity contribution in [2.75, 3.05) is 13.1 Å². The molecule has 0 aromatic carbocycles. The lowest BCUT2D eigenvalue weighted by Gasteiger charge is -2.34. The lowest BCUT2D eigenvalue weighted by molar-refractivity contribution is -0.112. The fourth-order valence-corrected chi connectivity index (χ4v) is 1.76. The summed E-state index contributed by atoms with van der Waals surface area (Å²) in [5.41, 5.74) is 10.7. The van der Waals surface area contributed by atoms with Gasteiger partial charge in [0.25, 0.3) is 0 Å². The predicted octanol–water partition coefficient (Wildman–Crippen LogP) is -1.18. The van der Waals surface area contributed by atoms with Gasteiger partial charge in [-0.1, -0.05) is 0 Å². The minimum Gasteiger partial charge on any atom is -0.369 e. The molecule has 1 saturated heterocycles. The van der Waals surface area contributed by atoms with Crippen molar-refractivity contribution in [2.24, 2.45) is 16.6 Å². The SMILES string of the molecule is C[C@@H](C=O)N(N=C(N)N)C1CCCNC1. The van der Waals surface area contributed by atoms with Crippen molar-refractivity contribution in [1.82, 2.24) is 10.3 Å². The number of nitrogens with two attached hydrogens (primary N) is 2. The molecule has 2 atom stereocenters. The van der Waals surface area contributed by atoms with Crippen LogP contribution in [-0.2, 0) is 4.79 Å². The highest BCUT2D eigenvalue weighted by atomic mass is 16.1. The van der Waals surface area contributed by atoms with Gasteiger partial charge in [-0.05, 0) is 26.3 Å². The summed E-state index contributed by atoms with van der Waals surface area (Å²) in [6, 6.07) is -0.0990. The van der Waals surface area contributed by atoms with Crippen LogP contribution in [0.25, 0.3) is 0 Å². The number of hydrogen-bond acceptors (Lipinski definition) is 4. The molecule has 1 heterocycles. The third kappa shape index (κ3) is 3.39. The van der Waals surface area contributed by atoms with E-state index in [1.165, 1.54) is 0 Å². The highest BCUT2D eigenvalue weighted by Gasteiger charge is 2.23. The Bertz CT molecular complexity index is 233. The van der Waals surface area contributed by atoms with E-state index in [1.807, 2.05) is 0 Å². The molecule has 86 valence electrons. The summed E-state index contributed by atoms with van der Waals surface area (Å²) >= 11 is 0. The van der Waals surface area contributed by atoms with Gasteiger partial charge >= 0.3 is 0 Å². The van der Waals surface area contributed by atoms with E-state index in [-0.39, 0.29) is 18.0 Å². The Hall–Kier alpha value is -1.30. The normalized spacial score (nSPS) is 22.9. The summed E-state index contributed by atoms with van der Waals surface area (Å²) in [7, 11) is 0. The molecule has 0 amide bonds. The van der Waals surface area contributed by atoms with Crippen molar-refractivity contribution in [3.8, 4) is 0 Å². The number of carbonyl (C=O) groups excluding carboxylic acids is 1. The molecule has 6 nitrogen and oxygen atoms in total. The van der Waals surface area contributed by atoms with Gasteiger partial charge in [-0.25, -0.2) is 0 Å². The second-order valence-corrected chi connectivity index (χ2v) is 3.78. The van der Waals surface area contributed by atoms with E-state index in [0.29, 0.717) is 0 Å². The fourth-order valence-electron chi connectivity index (χ4n) is 1.76. The lowest BCUT2D eigenvalue weighted by atomic mass is 10.1. The highest BCUT2D eigenvalue weighted by molar-refractivity contribution is 5.75. The van der Waals surface area contributed by atoms with E-state index < -0.39 is 0 Å². The standard InChI is InChI=1S/C9H19N5O/c1-7(6-15)14(13-9(10)11)8-3-2-4-12-5-8/h6-8,12H,2-5H2,1H3,(H4,10,11,13)/t7-,8?/m0/s1. The Morgan fingerprint density at radius 2 is 2.40 bits per heavy atom. The number of guanidine groups is 1. The molecule has 0 aromatic heterocycles. The number of carbonyl (C=O) groups is 1. The summed E-state index contributed by atoms with van der Waals surface area (Å²) in [5.74, 6) is -0.00530. The Labute approximate surface area is 89.7 Å². The van der Waals surface area contributed by atoms with Gasteiger partial charge < -0.3 is 21.6 Å². The van der Waals surface area contributed by atoms with Crippen LogP contribution in [-0.4, -0.2) is 42.4 Å². The maximum Gasteiger partial charge on any atom is 0.208 e. The first-order valence-electron chi connectivity index (χ1n) is 5.19. The molecule has 1 rings (SSSR count). The summed E-state index contributed by atoms with van der Waals surface area (Å²) in [6.45, 7) is 3.62. The van der Waals surface area contributed by atoms with E-state index in [9.17, 15) is 4.79 Å². The second-order valence-electron chi connectivity index (χ2n) is 3.78. The van der Waals surface area contributed by atoms with E-state index in [0.717, 1.165) is 32.2 Å². The summed E-state index contributed by atoms with van der Waals surface area (Å²) in [4.78, 5) is 10.8. The fraction of sp³-hybridized carbons (Fsp3) is 0.778. The zero-order valence-electron chi connectivity index (χ0n) is 9.02. The van der Waals surface area contributed by atoms with Gasteiger partial charge in [-0.2, -0.15) is 0 Å². The number of hydrazone groups is 1. The molecule has 0 aliphatic carbocycles. The largest absolute Gasteiger partial charge is 0.369 e. The van der Waals surface area contributed by atoms with Crippen molar-refractivity contribution in [2.45, 2.75) is 31.8 Å². The molecular weight excluding hydrogens is 194 g/mol. The number of nitrogens with zero attached hydrogens (tertiary/aromatic N) is 2. The maximum absolute atomic E-state index is 10.8. The molecule has 6 heteroatoms. The monoisotopic (exact) mass is 213 g/mol. The van der Waals surface area contributed by atoms with E-state index in [1.54, 1.807) is 11.9 Å². The van der Waals surface area contributed by atoms with Gasteiger partial charge in [0.05, 0.1) is 6.04 Å². The number of nitrogens with one attached hydrogen (secondary N) is 1. The molecule has 15 heavy (non-hydrogen) atoms. The molecule has 1 aliphatic heterocycles. The summed E-state index contributed by atoms with van der Waals surface area (Å²) in [5, 5.41) is 8.95. The molecule has 0 saturated carbocycles. The first-order valence-corrected chi connectivity index (χ1v) is 5.19. The van der Waals surface area contributed by atoms with Gasteiger partial charge in [-0.15, -0.1) is 5.10 Å². The number of hydrogen-bond donors (Lipinski definition) is 3. The molecule has 0 spiro atoms. The average Bonchev–Trinajstić information content (AvgIpc) is 2.26. The highest BCUT2D eigenvalue weighted by Crippen LogP contribution is 2.13. The van der Waals surface area contributed by atoms with Crippen LogP contribution in [0.3, 0.4) is 0 Å². The van der Waals surface area contributed by atoms with Crippen LogP contribution in [0, 0.1) is 0 Å². The first-order chi connectivity index (χ1) is 7.15. The van der Waals surface area contributed by atoms with Crippen LogP contribution in [0.5, 0.6) is 0 Å². The van der Waals surface area contributed by atoms with E-state index in [4.69, 9.17) is 11.5 Å². The summed E-state index contributed by atoms with van der Waals surface area (Å²) < 4.78 is 0. The van der Waals surface area contributed by atoms with E-state index >= 15 is 0 Å². The Kier molecular flexibility index (Phi) is 4.36. The number of rotatable bonds is 4. The molecule has 5 N–H and O–H groups in total. The van der Waals surface area contributed by atoms with Crippen LogP contribution >= 0.6 is 0 Å². The lowest BCUT2D eigenvalue weighted by Crippen LogP contribution is -2.48. The van der Waals surface area contributed by atoms with Gasteiger partial charge in [0, 0.05) is 6.54 Å². The Balaban J connectivity index is 2.69. The van der Waals surface area contributed by atoms with Crippen molar-refractivity contribution >= 4 is 12.2 Å². The molecule has 1 unspecified atom stereocenters. The van der Waals surface area contributed by atoms with Crippen molar-refractivity contribution in [3.63, 3.8) is 0 Å². The molecule has 0 aromatic rings. The van der Waals surface area contributed by atoms with Gasteiger partial charge in [-0.3, -0.25) is 5.01 Å². The van der Waals surface area contributed by atoms with Gasteiger partial charge in [0.2, 0.25) is 5.96 Å². The zero-order valence-corrected chi connectivity index (χ0v) is 9.02. The predicted molar refractivity (Wildman–Crippen MR) is 59.1 cm³/mol. The third-order valence-corrected chi connectivity index (χ3v) is 2.49. The minimum atomic E-state index is -0.294. The van der Waals surface area contributed by atoms with Crippen LogP contribution < -0.4 is 16.8 Å². The van der Waals surface area contributed by atoms with Crippen molar-refractivity contribution in [1.29, 1.82) is 0 Å². The molecule has 0 bridgehead atoms. The van der Waals surface area contributed by atoms with Crippen LogP contribution in [0.2, 0.25) is 0 Å². The molecular formula is C9H19N5O. The van der Waals surface area contributed by atoms with Crippen LogP contribution in [0.1, 0.15) is 19.8 Å². The number of piperidine rings is 1. The zero-order chi connectivity index (χ0) is 11.3. The minimum absolute atomic E-state index is 0.00530. The smallest absolute Gasteiger partial charge is 0.208 e. The first kappa shape index (κ1) is 11.8. The Morgan fingerprint density at radius 3 is 2.87 bits per heavy atom. The quantitative estimate of drug-likeness (QED) is 0.236. The van der Waals surface area contributed by atoms with Crippen LogP contribution in [0.15, 0.2) is 5.10 Å². The third-order valence-electron chi connectivity index (χ3n) is 2.49. The van der Waals surface area contributed by atoms with E-state index in [2.05, 4.69) is 10.4 Å². The maximum atomic E-state index is 10.8. The van der Waals surface area contributed by atoms with Crippen LogP contribution in [0.4, 0.5) is 0 Å². The molecule has 0 radical (unpaired) electrons.